The lowest BCUT2D eigenvalue weighted by atomic mass is 9.84. The fourth-order valence-corrected chi connectivity index (χ4v) is 1.65. The topological polar surface area (TPSA) is 40.5 Å². The van der Waals surface area contributed by atoms with E-state index in [2.05, 4.69) is 0 Å². The number of rotatable bonds is 2. The van der Waals surface area contributed by atoms with Crippen LogP contribution in [0.3, 0.4) is 0 Å². The number of hydrogen-bond donors (Lipinski definition) is 2. The van der Waals surface area contributed by atoms with Crippen molar-refractivity contribution < 1.29 is 14.6 Å². The van der Waals surface area contributed by atoms with Crippen molar-refractivity contribution in [2.75, 3.05) is 6.61 Å². The van der Waals surface area contributed by atoms with E-state index in [9.17, 15) is 9.50 Å². The lowest BCUT2D eigenvalue weighted by Crippen LogP contribution is -2.32. The van der Waals surface area contributed by atoms with Crippen molar-refractivity contribution in [3.05, 3.63) is 11.9 Å². The number of hydrogen-bond acceptors (Lipinski definition) is 2. The highest BCUT2D eigenvalue weighted by Crippen LogP contribution is 2.34. The van der Waals surface area contributed by atoms with Crippen molar-refractivity contribution in [3.8, 4) is 0 Å². The first-order valence-electron chi connectivity index (χ1n) is 4.38. The standard InChI is InChI=1S/C9H15FO2/c10-8(4-7-11)9(12)5-2-1-3-6-9/h4,11-12H,1-3,5-7H2/b8-4-. The first kappa shape index (κ1) is 9.68. The van der Waals surface area contributed by atoms with Gasteiger partial charge in [-0.05, 0) is 18.9 Å². The minimum Gasteiger partial charge on any atom is -0.392 e. The van der Waals surface area contributed by atoms with Crippen LogP contribution >= 0.6 is 0 Å². The van der Waals surface area contributed by atoms with Gasteiger partial charge in [-0.1, -0.05) is 19.3 Å². The molecule has 70 valence electrons. The molecule has 2 N–H and O–H groups in total. The average molecular weight is 174 g/mol. The maximum absolute atomic E-state index is 13.1. The van der Waals surface area contributed by atoms with Crippen LogP contribution in [-0.2, 0) is 0 Å². The van der Waals surface area contributed by atoms with E-state index in [1.54, 1.807) is 0 Å². The molecular weight excluding hydrogens is 159 g/mol. The maximum Gasteiger partial charge on any atom is 0.130 e. The second-order valence-electron chi connectivity index (χ2n) is 3.33. The van der Waals surface area contributed by atoms with Gasteiger partial charge in [0.25, 0.3) is 0 Å². The third kappa shape index (κ3) is 2.05. The second-order valence-corrected chi connectivity index (χ2v) is 3.33. The van der Waals surface area contributed by atoms with Gasteiger partial charge >= 0.3 is 0 Å². The molecule has 0 saturated heterocycles. The molecule has 0 atom stereocenters. The van der Waals surface area contributed by atoms with Crippen LogP contribution in [0.25, 0.3) is 0 Å². The second kappa shape index (κ2) is 4.01. The molecule has 1 aliphatic carbocycles. The van der Waals surface area contributed by atoms with E-state index < -0.39 is 11.4 Å². The van der Waals surface area contributed by atoms with Crippen LogP contribution in [0.4, 0.5) is 4.39 Å². The lowest BCUT2D eigenvalue weighted by molar-refractivity contribution is 0.0183. The van der Waals surface area contributed by atoms with Crippen molar-refractivity contribution in [2.24, 2.45) is 0 Å². The van der Waals surface area contributed by atoms with Gasteiger partial charge in [0, 0.05) is 0 Å². The van der Waals surface area contributed by atoms with Gasteiger partial charge in [0.2, 0.25) is 0 Å². The molecular formula is C9H15FO2. The molecule has 0 spiro atoms. The summed E-state index contributed by atoms with van der Waals surface area (Å²) in [6.45, 7) is -0.339. The molecule has 0 amide bonds. The Morgan fingerprint density at radius 2 is 1.92 bits per heavy atom. The van der Waals surface area contributed by atoms with Crippen molar-refractivity contribution in [2.45, 2.75) is 37.7 Å². The van der Waals surface area contributed by atoms with Crippen LogP contribution in [0.2, 0.25) is 0 Å². The highest BCUT2D eigenvalue weighted by atomic mass is 19.1. The summed E-state index contributed by atoms with van der Waals surface area (Å²) in [7, 11) is 0. The molecule has 1 saturated carbocycles. The zero-order valence-corrected chi connectivity index (χ0v) is 7.09. The lowest BCUT2D eigenvalue weighted by Gasteiger charge is -2.30. The van der Waals surface area contributed by atoms with Crippen LogP contribution in [-0.4, -0.2) is 22.4 Å². The summed E-state index contributed by atoms with van der Waals surface area (Å²) in [6, 6.07) is 0. The van der Waals surface area contributed by atoms with Gasteiger partial charge in [-0.15, -0.1) is 0 Å². The molecule has 0 aromatic heterocycles. The highest BCUT2D eigenvalue weighted by molar-refractivity contribution is 5.10. The minimum absolute atomic E-state index is 0.339. The van der Waals surface area contributed by atoms with E-state index in [0.717, 1.165) is 25.3 Å². The molecule has 0 bridgehead atoms. The van der Waals surface area contributed by atoms with Crippen molar-refractivity contribution in [1.29, 1.82) is 0 Å². The van der Waals surface area contributed by atoms with E-state index in [-0.39, 0.29) is 6.61 Å². The Bertz CT molecular complexity index is 171. The summed E-state index contributed by atoms with van der Waals surface area (Å²) in [5.74, 6) is -0.565. The summed E-state index contributed by atoms with van der Waals surface area (Å²) in [6.07, 6.45) is 4.80. The maximum atomic E-state index is 13.1. The average Bonchev–Trinajstić information content (AvgIpc) is 2.06. The first-order valence-corrected chi connectivity index (χ1v) is 4.38. The van der Waals surface area contributed by atoms with E-state index >= 15 is 0 Å². The zero-order valence-electron chi connectivity index (χ0n) is 7.09. The summed E-state index contributed by atoms with van der Waals surface area (Å²) >= 11 is 0. The van der Waals surface area contributed by atoms with Gasteiger partial charge in [-0.25, -0.2) is 4.39 Å². The van der Waals surface area contributed by atoms with E-state index in [1.165, 1.54) is 0 Å². The molecule has 0 unspecified atom stereocenters. The first-order chi connectivity index (χ1) is 5.69. The molecule has 3 heteroatoms. The van der Waals surface area contributed by atoms with E-state index in [0.29, 0.717) is 12.8 Å². The van der Waals surface area contributed by atoms with Crippen LogP contribution in [0, 0.1) is 0 Å². The quantitative estimate of drug-likeness (QED) is 0.666. The van der Waals surface area contributed by atoms with Gasteiger partial charge in [0.1, 0.15) is 11.4 Å². The van der Waals surface area contributed by atoms with Gasteiger partial charge in [-0.3, -0.25) is 0 Å². The highest BCUT2D eigenvalue weighted by Gasteiger charge is 2.33. The largest absolute Gasteiger partial charge is 0.392 e. The third-order valence-electron chi connectivity index (χ3n) is 2.40. The Balaban J connectivity index is 2.62. The molecule has 12 heavy (non-hydrogen) atoms. The summed E-state index contributed by atoms with van der Waals surface area (Å²) in [5, 5.41) is 18.2. The smallest absolute Gasteiger partial charge is 0.130 e. The van der Waals surface area contributed by atoms with Crippen LogP contribution < -0.4 is 0 Å². The number of halogens is 1. The molecule has 1 fully saturated rings. The predicted octanol–water partition coefficient (Wildman–Crippen LogP) is 1.53. The Morgan fingerprint density at radius 1 is 1.33 bits per heavy atom. The van der Waals surface area contributed by atoms with E-state index in [1.807, 2.05) is 0 Å². The fourth-order valence-electron chi connectivity index (χ4n) is 1.65. The molecule has 0 aliphatic heterocycles. The Hall–Kier alpha value is -0.410. The summed E-state index contributed by atoms with van der Waals surface area (Å²) < 4.78 is 13.1. The Kier molecular flexibility index (Phi) is 3.23. The fraction of sp³-hybridized carbons (Fsp3) is 0.778. The van der Waals surface area contributed by atoms with Crippen LogP contribution in [0.1, 0.15) is 32.1 Å². The van der Waals surface area contributed by atoms with Crippen LogP contribution in [0.5, 0.6) is 0 Å². The Morgan fingerprint density at radius 3 is 2.42 bits per heavy atom. The summed E-state index contributed by atoms with van der Waals surface area (Å²) in [5.41, 5.74) is -1.28. The van der Waals surface area contributed by atoms with Crippen LogP contribution in [0.15, 0.2) is 11.9 Å². The molecule has 0 heterocycles. The van der Waals surface area contributed by atoms with Gasteiger partial charge in [0.05, 0.1) is 6.61 Å². The molecule has 0 aromatic carbocycles. The summed E-state index contributed by atoms with van der Waals surface area (Å²) in [4.78, 5) is 0. The third-order valence-corrected chi connectivity index (χ3v) is 2.40. The zero-order chi connectivity index (χ0) is 9.03. The molecule has 0 aromatic rings. The molecule has 0 radical (unpaired) electrons. The Labute approximate surface area is 71.7 Å². The number of aliphatic hydroxyl groups excluding tert-OH is 1. The van der Waals surface area contributed by atoms with Gasteiger partial charge in [0.15, 0.2) is 0 Å². The molecule has 1 aliphatic rings. The SMILES string of the molecule is OC/C=C(\F)C1(O)CCCCC1. The van der Waals surface area contributed by atoms with Gasteiger partial charge < -0.3 is 10.2 Å². The molecule has 1 rings (SSSR count). The predicted molar refractivity (Wildman–Crippen MR) is 44.3 cm³/mol. The van der Waals surface area contributed by atoms with Crippen molar-refractivity contribution >= 4 is 0 Å². The van der Waals surface area contributed by atoms with Crippen molar-refractivity contribution in [3.63, 3.8) is 0 Å². The molecule has 2 nitrogen and oxygen atoms in total. The van der Waals surface area contributed by atoms with Crippen molar-refractivity contribution in [1.82, 2.24) is 0 Å². The minimum atomic E-state index is -1.28. The number of aliphatic hydroxyl groups is 2. The van der Waals surface area contributed by atoms with Gasteiger partial charge in [-0.2, -0.15) is 0 Å². The normalized spacial score (nSPS) is 24.1. The van der Waals surface area contributed by atoms with E-state index in [4.69, 9.17) is 5.11 Å². The monoisotopic (exact) mass is 174 g/mol.